The molecule has 0 aliphatic carbocycles. The number of benzene rings is 1. The molecule has 5 heteroatoms. The summed E-state index contributed by atoms with van der Waals surface area (Å²) in [5.74, 6) is 1.96. The minimum absolute atomic E-state index is 0.655. The molecule has 0 unspecified atom stereocenters. The van der Waals surface area contributed by atoms with Gasteiger partial charge in [0.15, 0.2) is 5.96 Å². The number of guanidine groups is 1. The minimum Gasteiger partial charge on any atom is -0.380 e. The molecule has 1 rings (SSSR count). The Bertz CT molecular complexity index is 393. The maximum Gasteiger partial charge on any atom is 0.191 e. The van der Waals surface area contributed by atoms with Crippen molar-refractivity contribution < 1.29 is 4.74 Å². The lowest BCUT2D eigenvalue weighted by Crippen LogP contribution is -2.38. The molecule has 0 radical (unpaired) electrons. The number of thioether (sulfide) groups is 1. The molecule has 0 aliphatic rings. The highest BCUT2D eigenvalue weighted by Crippen LogP contribution is 2.06. The average molecular weight is 295 g/mol. The number of nitrogens with zero attached hydrogens (tertiary/aromatic N) is 1. The fourth-order valence-corrected chi connectivity index (χ4v) is 2.00. The minimum atomic E-state index is 0.655. The smallest absolute Gasteiger partial charge is 0.191 e. The van der Waals surface area contributed by atoms with Gasteiger partial charge in [-0.05, 0) is 24.3 Å². The highest BCUT2D eigenvalue weighted by molar-refractivity contribution is 7.98. The topological polar surface area (TPSA) is 45.7 Å². The van der Waals surface area contributed by atoms with Crippen molar-refractivity contribution in [3.63, 3.8) is 0 Å². The van der Waals surface area contributed by atoms with Gasteiger partial charge < -0.3 is 15.4 Å². The van der Waals surface area contributed by atoms with Gasteiger partial charge in [-0.25, -0.2) is 4.99 Å². The van der Waals surface area contributed by atoms with Crippen LogP contribution in [0.1, 0.15) is 18.1 Å². The van der Waals surface area contributed by atoms with E-state index in [0.29, 0.717) is 13.2 Å². The third-order valence-electron chi connectivity index (χ3n) is 2.70. The Balaban J connectivity index is 2.52. The molecule has 2 N–H and O–H groups in total. The van der Waals surface area contributed by atoms with Crippen LogP contribution in [0.4, 0.5) is 0 Å². The molecule has 0 aromatic heterocycles. The van der Waals surface area contributed by atoms with Crippen LogP contribution in [0.3, 0.4) is 0 Å². The lowest BCUT2D eigenvalue weighted by molar-refractivity contribution is 0.185. The first-order valence-corrected chi connectivity index (χ1v) is 8.27. The van der Waals surface area contributed by atoms with Gasteiger partial charge >= 0.3 is 0 Å². The molecule has 0 amide bonds. The van der Waals surface area contributed by atoms with Gasteiger partial charge in [-0.1, -0.05) is 24.3 Å². The number of hydrogen-bond donors (Lipinski definition) is 2. The Labute approximate surface area is 126 Å². The van der Waals surface area contributed by atoms with E-state index in [-0.39, 0.29) is 0 Å². The lowest BCUT2D eigenvalue weighted by Gasteiger charge is -2.10. The van der Waals surface area contributed by atoms with Crippen LogP contribution in [0.2, 0.25) is 0 Å². The second-order valence-electron chi connectivity index (χ2n) is 4.36. The van der Waals surface area contributed by atoms with E-state index in [1.807, 2.05) is 11.8 Å². The summed E-state index contributed by atoms with van der Waals surface area (Å²) in [7, 11) is 1.71. The molecule has 0 fully saturated rings. The highest BCUT2D eigenvalue weighted by atomic mass is 32.2. The van der Waals surface area contributed by atoms with Gasteiger partial charge in [0, 0.05) is 26.0 Å². The number of aliphatic imine (C=N–C) groups is 1. The van der Waals surface area contributed by atoms with Crippen LogP contribution in [0, 0.1) is 0 Å². The predicted molar refractivity (Wildman–Crippen MR) is 88.4 cm³/mol. The van der Waals surface area contributed by atoms with E-state index < -0.39 is 0 Å². The van der Waals surface area contributed by atoms with Crippen molar-refractivity contribution in [2.24, 2.45) is 4.99 Å². The molecule has 0 bridgehead atoms. The summed E-state index contributed by atoms with van der Waals surface area (Å²) in [6, 6.07) is 8.37. The van der Waals surface area contributed by atoms with Crippen molar-refractivity contribution in [1.29, 1.82) is 0 Å². The fraction of sp³-hybridized carbons (Fsp3) is 0.533. The van der Waals surface area contributed by atoms with E-state index in [4.69, 9.17) is 4.74 Å². The molecule has 0 atom stereocenters. The quantitative estimate of drug-likeness (QED) is 0.439. The largest absolute Gasteiger partial charge is 0.380 e. The third kappa shape index (κ3) is 6.82. The molecule has 0 spiro atoms. The standard InChI is InChI=1S/C15H25N3OS/c1-4-16-15(17-9-10-20-3)18-11-13-5-7-14(8-6-13)12-19-2/h5-8H,4,9-12H2,1-3H3,(H2,16,17,18). The predicted octanol–water partition coefficient (Wildman–Crippen LogP) is 2.25. The van der Waals surface area contributed by atoms with Crippen LogP contribution in [0.15, 0.2) is 29.3 Å². The molecule has 20 heavy (non-hydrogen) atoms. The van der Waals surface area contributed by atoms with E-state index >= 15 is 0 Å². The Morgan fingerprint density at radius 2 is 1.90 bits per heavy atom. The van der Waals surface area contributed by atoms with E-state index in [9.17, 15) is 0 Å². The van der Waals surface area contributed by atoms with Crippen molar-refractivity contribution >= 4 is 17.7 Å². The molecule has 1 aromatic rings. The monoisotopic (exact) mass is 295 g/mol. The zero-order chi connectivity index (χ0) is 14.6. The number of ether oxygens (including phenoxy) is 1. The number of methoxy groups -OCH3 is 1. The fourth-order valence-electron chi connectivity index (χ4n) is 1.69. The van der Waals surface area contributed by atoms with Gasteiger partial charge in [-0.2, -0.15) is 11.8 Å². The third-order valence-corrected chi connectivity index (χ3v) is 3.31. The van der Waals surface area contributed by atoms with Gasteiger partial charge in [0.1, 0.15) is 0 Å². The molecule has 4 nitrogen and oxygen atoms in total. The first kappa shape index (κ1) is 16.9. The van der Waals surface area contributed by atoms with Crippen molar-refractivity contribution in [1.82, 2.24) is 10.6 Å². The van der Waals surface area contributed by atoms with Gasteiger partial charge in [0.2, 0.25) is 0 Å². The molecule has 0 saturated carbocycles. The zero-order valence-electron chi connectivity index (χ0n) is 12.6. The summed E-state index contributed by atoms with van der Waals surface area (Å²) in [6.07, 6.45) is 2.10. The number of nitrogens with one attached hydrogen (secondary N) is 2. The Kier molecular flexibility index (Phi) is 8.91. The SMILES string of the molecule is CCNC(=NCc1ccc(COC)cc1)NCCSC. The Morgan fingerprint density at radius 3 is 2.50 bits per heavy atom. The summed E-state index contributed by atoms with van der Waals surface area (Å²) in [5.41, 5.74) is 2.39. The van der Waals surface area contributed by atoms with Crippen LogP contribution in [0.5, 0.6) is 0 Å². The van der Waals surface area contributed by atoms with Crippen LogP contribution in [-0.2, 0) is 17.9 Å². The summed E-state index contributed by atoms with van der Waals surface area (Å²) in [6.45, 7) is 5.22. The number of rotatable bonds is 8. The Morgan fingerprint density at radius 1 is 1.20 bits per heavy atom. The molecule has 112 valence electrons. The van der Waals surface area contributed by atoms with E-state index in [2.05, 4.69) is 53.1 Å². The van der Waals surface area contributed by atoms with Gasteiger partial charge in [-0.15, -0.1) is 0 Å². The van der Waals surface area contributed by atoms with E-state index in [1.165, 1.54) is 11.1 Å². The maximum atomic E-state index is 5.10. The van der Waals surface area contributed by atoms with Crippen LogP contribution in [-0.4, -0.2) is 38.2 Å². The maximum absolute atomic E-state index is 5.10. The molecule has 0 aliphatic heterocycles. The zero-order valence-corrected chi connectivity index (χ0v) is 13.4. The van der Waals surface area contributed by atoms with Crippen molar-refractivity contribution in [3.05, 3.63) is 35.4 Å². The molecule has 1 aromatic carbocycles. The van der Waals surface area contributed by atoms with Crippen LogP contribution in [0.25, 0.3) is 0 Å². The normalized spacial score (nSPS) is 11.4. The second-order valence-corrected chi connectivity index (χ2v) is 5.35. The van der Waals surface area contributed by atoms with E-state index in [1.54, 1.807) is 7.11 Å². The molecular formula is C15H25N3OS. The lowest BCUT2D eigenvalue weighted by atomic mass is 10.1. The van der Waals surface area contributed by atoms with Gasteiger partial charge in [0.25, 0.3) is 0 Å². The van der Waals surface area contributed by atoms with Crippen molar-refractivity contribution in [2.75, 3.05) is 32.2 Å². The van der Waals surface area contributed by atoms with Crippen molar-refractivity contribution in [3.8, 4) is 0 Å². The first-order valence-electron chi connectivity index (χ1n) is 6.88. The average Bonchev–Trinajstić information content (AvgIpc) is 2.47. The number of hydrogen-bond acceptors (Lipinski definition) is 3. The van der Waals surface area contributed by atoms with Gasteiger partial charge in [0.05, 0.1) is 13.2 Å². The van der Waals surface area contributed by atoms with Gasteiger partial charge in [-0.3, -0.25) is 0 Å². The van der Waals surface area contributed by atoms with Crippen molar-refractivity contribution in [2.45, 2.75) is 20.1 Å². The molecule has 0 saturated heterocycles. The second kappa shape index (κ2) is 10.6. The highest BCUT2D eigenvalue weighted by Gasteiger charge is 1.97. The van der Waals surface area contributed by atoms with Crippen LogP contribution < -0.4 is 10.6 Å². The molecule has 0 heterocycles. The summed E-state index contributed by atoms with van der Waals surface area (Å²) >= 11 is 1.83. The first-order chi connectivity index (χ1) is 9.80. The summed E-state index contributed by atoms with van der Waals surface area (Å²) in [5, 5.41) is 6.57. The Hall–Kier alpha value is -1.20. The van der Waals surface area contributed by atoms with Crippen LogP contribution >= 0.6 is 11.8 Å². The molecular weight excluding hydrogens is 270 g/mol. The summed E-state index contributed by atoms with van der Waals surface area (Å²) in [4.78, 5) is 4.59. The summed E-state index contributed by atoms with van der Waals surface area (Å²) < 4.78 is 5.10. The van der Waals surface area contributed by atoms with E-state index in [0.717, 1.165) is 24.8 Å².